The van der Waals surface area contributed by atoms with Crippen LogP contribution in [-0.4, -0.2) is 16.2 Å². The fourth-order valence-electron chi connectivity index (χ4n) is 3.93. The molecule has 0 spiro atoms. The average Bonchev–Trinajstić information content (AvgIpc) is 3.18. The molecule has 1 heterocycles. The Bertz CT molecular complexity index is 1270. The van der Waals surface area contributed by atoms with E-state index < -0.39 is 0 Å². The molecule has 0 aliphatic rings. The Morgan fingerprint density at radius 2 is 1.47 bits per heavy atom. The second kappa shape index (κ2) is 8.42. The lowest BCUT2D eigenvalue weighted by Crippen LogP contribution is -2.04. The zero-order valence-corrected chi connectivity index (χ0v) is 16.9. The predicted octanol–water partition coefficient (Wildman–Crippen LogP) is 6.72. The van der Waals surface area contributed by atoms with Crippen LogP contribution in [0.3, 0.4) is 0 Å². The summed E-state index contributed by atoms with van der Waals surface area (Å²) in [5, 5.41) is 2.46. The number of ether oxygens (including phenoxy) is 1. The Hall–Kier alpha value is -3.59. The highest BCUT2D eigenvalue weighted by Gasteiger charge is 2.11. The molecule has 0 radical (unpaired) electrons. The predicted molar refractivity (Wildman–Crippen MR) is 124 cm³/mol. The number of aromatic nitrogens is 2. The zero-order valence-electron chi connectivity index (χ0n) is 16.9. The highest BCUT2D eigenvalue weighted by Crippen LogP contribution is 2.25. The molecule has 0 N–H and O–H groups in total. The minimum atomic E-state index is 0.714. The summed E-state index contributed by atoms with van der Waals surface area (Å²) < 4.78 is 8.35. The number of rotatable bonds is 7. The SMILES string of the molecule is c1ccc(-c2nc3ccccc3n2CCCCOc2ccc3ccccc3c2)cc1. The molecule has 0 unspecified atom stereocenters. The van der Waals surface area contributed by atoms with Crippen LogP contribution in [0.5, 0.6) is 5.75 Å². The topological polar surface area (TPSA) is 27.1 Å². The summed E-state index contributed by atoms with van der Waals surface area (Å²) in [5.74, 6) is 1.97. The summed E-state index contributed by atoms with van der Waals surface area (Å²) in [6.45, 7) is 1.64. The first-order chi connectivity index (χ1) is 14.9. The Labute approximate surface area is 176 Å². The Balaban J connectivity index is 1.26. The van der Waals surface area contributed by atoms with Gasteiger partial charge in [0, 0.05) is 12.1 Å². The van der Waals surface area contributed by atoms with Crippen molar-refractivity contribution < 1.29 is 4.74 Å². The summed E-state index contributed by atoms with van der Waals surface area (Å²) in [7, 11) is 0. The highest BCUT2D eigenvalue weighted by molar-refractivity contribution is 5.83. The summed E-state index contributed by atoms with van der Waals surface area (Å²) in [6.07, 6.45) is 2.03. The lowest BCUT2D eigenvalue weighted by molar-refractivity contribution is 0.304. The number of hydrogen-bond acceptors (Lipinski definition) is 2. The molecule has 0 saturated carbocycles. The maximum absolute atomic E-state index is 6.01. The molecule has 0 bridgehead atoms. The second-order valence-electron chi connectivity index (χ2n) is 7.51. The number of nitrogens with zero attached hydrogens (tertiary/aromatic N) is 2. The number of hydrogen-bond donors (Lipinski definition) is 0. The second-order valence-corrected chi connectivity index (χ2v) is 7.51. The molecule has 3 nitrogen and oxygen atoms in total. The van der Waals surface area contributed by atoms with Gasteiger partial charge in [-0.25, -0.2) is 4.98 Å². The summed E-state index contributed by atoms with van der Waals surface area (Å²) >= 11 is 0. The number of fused-ring (bicyclic) bond motifs is 2. The third-order valence-electron chi connectivity index (χ3n) is 5.45. The van der Waals surface area contributed by atoms with Crippen LogP contribution >= 0.6 is 0 Å². The van der Waals surface area contributed by atoms with Crippen molar-refractivity contribution >= 4 is 21.8 Å². The molecule has 4 aromatic carbocycles. The van der Waals surface area contributed by atoms with E-state index in [0.717, 1.165) is 42.0 Å². The standard InChI is InChI=1S/C27H24N2O/c1-2-11-22(12-3-1)27-28-25-14-6-7-15-26(25)29(27)18-8-9-19-30-24-17-16-21-10-4-5-13-23(21)20-24/h1-7,10-17,20H,8-9,18-19H2. The molecule has 0 saturated heterocycles. The lowest BCUT2D eigenvalue weighted by atomic mass is 10.1. The quantitative estimate of drug-likeness (QED) is 0.288. The van der Waals surface area contributed by atoms with E-state index >= 15 is 0 Å². The van der Waals surface area contributed by atoms with Crippen molar-refractivity contribution in [3.05, 3.63) is 97.1 Å². The van der Waals surface area contributed by atoms with E-state index in [1.807, 2.05) is 12.1 Å². The maximum Gasteiger partial charge on any atom is 0.141 e. The van der Waals surface area contributed by atoms with Crippen molar-refractivity contribution in [3.8, 4) is 17.1 Å². The zero-order chi connectivity index (χ0) is 20.2. The average molecular weight is 393 g/mol. The van der Waals surface area contributed by atoms with E-state index in [1.165, 1.54) is 16.3 Å². The molecule has 0 aliphatic heterocycles. The normalized spacial score (nSPS) is 11.2. The lowest BCUT2D eigenvalue weighted by Gasteiger charge is -2.11. The van der Waals surface area contributed by atoms with Crippen molar-refractivity contribution in [1.82, 2.24) is 9.55 Å². The summed E-state index contributed by atoms with van der Waals surface area (Å²) in [6, 6.07) is 33.5. The summed E-state index contributed by atoms with van der Waals surface area (Å²) in [5.41, 5.74) is 3.39. The minimum absolute atomic E-state index is 0.714. The molecular weight excluding hydrogens is 368 g/mol. The molecule has 0 atom stereocenters. The number of imidazole rings is 1. The van der Waals surface area contributed by atoms with E-state index in [1.54, 1.807) is 0 Å². The number of para-hydroxylation sites is 2. The van der Waals surface area contributed by atoms with Crippen LogP contribution in [0.2, 0.25) is 0 Å². The molecule has 5 aromatic rings. The van der Waals surface area contributed by atoms with Gasteiger partial charge in [-0.1, -0.05) is 72.8 Å². The van der Waals surface area contributed by atoms with Gasteiger partial charge in [0.2, 0.25) is 0 Å². The fraction of sp³-hybridized carbons (Fsp3) is 0.148. The Morgan fingerprint density at radius 1 is 0.700 bits per heavy atom. The number of benzene rings is 4. The van der Waals surface area contributed by atoms with Crippen LogP contribution in [0.1, 0.15) is 12.8 Å². The Morgan fingerprint density at radius 3 is 2.37 bits per heavy atom. The first kappa shape index (κ1) is 18.4. The molecule has 148 valence electrons. The minimum Gasteiger partial charge on any atom is -0.494 e. The van der Waals surface area contributed by atoms with Crippen LogP contribution in [-0.2, 0) is 6.54 Å². The van der Waals surface area contributed by atoms with E-state index in [9.17, 15) is 0 Å². The third kappa shape index (κ3) is 3.79. The fourth-order valence-corrected chi connectivity index (χ4v) is 3.93. The monoisotopic (exact) mass is 392 g/mol. The van der Waals surface area contributed by atoms with E-state index in [-0.39, 0.29) is 0 Å². The Kier molecular flexibility index (Phi) is 5.17. The third-order valence-corrected chi connectivity index (χ3v) is 5.45. The van der Waals surface area contributed by atoms with Gasteiger partial charge in [0.25, 0.3) is 0 Å². The first-order valence-electron chi connectivity index (χ1n) is 10.5. The van der Waals surface area contributed by atoms with Crippen molar-refractivity contribution in [1.29, 1.82) is 0 Å². The molecule has 30 heavy (non-hydrogen) atoms. The van der Waals surface area contributed by atoms with Gasteiger partial charge in [0.15, 0.2) is 0 Å². The highest BCUT2D eigenvalue weighted by atomic mass is 16.5. The summed E-state index contributed by atoms with van der Waals surface area (Å²) in [4.78, 5) is 4.89. The van der Waals surface area contributed by atoms with E-state index in [2.05, 4.69) is 89.5 Å². The first-order valence-corrected chi connectivity index (χ1v) is 10.5. The maximum atomic E-state index is 6.01. The van der Waals surface area contributed by atoms with Crippen molar-refractivity contribution in [2.75, 3.05) is 6.61 Å². The molecule has 0 fully saturated rings. The van der Waals surface area contributed by atoms with E-state index in [0.29, 0.717) is 6.61 Å². The molecule has 1 aromatic heterocycles. The van der Waals surface area contributed by atoms with Gasteiger partial charge in [0.1, 0.15) is 11.6 Å². The molecular formula is C27H24N2O. The van der Waals surface area contributed by atoms with Crippen molar-refractivity contribution in [3.63, 3.8) is 0 Å². The largest absolute Gasteiger partial charge is 0.494 e. The van der Waals surface area contributed by atoms with Crippen LogP contribution in [0.15, 0.2) is 97.1 Å². The van der Waals surface area contributed by atoms with Gasteiger partial charge in [0.05, 0.1) is 17.6 Å². The van der Waals surface area contributed by atoms with E-state index in [4.69, 9.17) is 9.72 Å². The van der Waals surface area contributed by atoms with Crippen LogP contribution in [0, 0.1) is 0 Å². The molecule has 5 rings (SSSR count). The molecule has 3 heteroatoms. The van der Waals surface area contributed by atoms with Gasteiger partial charge in [-0.2, -0.15) is 0 Å². The van der Waals surface area contributed by atoms with Crippen molar-refractivity contribution in [2.24, 2.45) is 0 Å². The number of aryl methyl sites for hydroxylation is 1. The number of unbranched alkanes of at least 4 members (excludes halogenated alkanes) is 1. The van der Waals surface area contributed by atoms with Crippen LogP contribution in [0.4, 0.5) is 0 Å². The van der Waals surface area contributed by atoms with Gasteiger partial charge in [-0.05, 0) is 47.9 Å². The van der Waals surface area contributed by atoms with Gasteiger partial charge >= 0.3 is 0 Å². The molecule has 0 aliphatic carbocycles. The van der Waals surface area contributed by atoms with Crippen molar-refractivity contribution in [2.45, 2.75) is 19.4 Å². The van der Waals surface area contributed by atoms with Gasteiger partial charge in [-0.3, -0.25) is 0 Å². The molecule has 0 amide bonds. The smallest absolute Gasteiger partial charge is 0.141 e. The van der Waals surface area contributed by atoms with Gasteiger partial charge in [-0.15, -0.1) is 0 Å². The van der Waals surface area contributed by atoms with Crippen LogP contribution in [0.25, 0.3) is 33.2 Å². The van der Waals surface area contributed by atoms with Crippen LogP contribution < -0.4 is 4.74 Å². The van der Waals surface area contributed by atoms with Gasteiger partial charge < -0.3 is 9.30 Å².